The molecule has 2 amide bonds. The molecule has 2 aliphatic heterocycles. The van der Waals surface area contributed by atoms with Crippen LogP contribution >= 0.6 is 23.2 Å². The van der Waals surface area contributed by atoms with E-state index in [4.69, 9.17) is 27.9 Å². The molecule has 3 atom stereocenters. The number of anilines is 1. The Hall–Kier alpha value is -3.39. The number of ether oxygens (including phenoxy) is 1. The summed E-state index contributed by atoms with van der Waals surface area (Å²) in [6, 6.07) is 15.7. The summed E-state index contributed by atoms with van der Waals surface area (Å²) in [6.07, 6.45) is -1.13. The van der Waals surface area contributed by atoms with Crippen molar-refractivity contribution >= 4 is 52.3 Å². The summed E-state index contributed by atoms with van der Waals surface area (Å²) in [4.78, 5) is 55.8. The van der Waals surface area contributed by atoms with E-state index in [1.807, 2.05) is 0 Å². The zero-order valence-corrected chi connectivity index (χ0v) is 19.2. The van der Waals surface area contributed by atoms with Crippen LogP contribution in [0.25, 0.3) is 0 Å². The standard InChI is InChI=1S/C26H14Cl2FNO5/c27-17-10-9-14(11-18(17)28)30-24(33)19-20(25(30)34)26(35-21(19)12-5-7-13(29)8-6-12)22(31)15-3-1-2-4-16(15)23(26)32/h1-11,19-21H/t19-,20-,21-/m0/s1. The molecule has 3 aromatic rings. The van der Waals surface area contributed by atoms with Crippen LogP contribution in [0.15, 0.2) is 66.7 Å². The van der Waals surface area contributed by atoms with Gasteiger partial charge in [0.25, 0.3) is 0 Å². The van der Waals surface area contributed by atoms with Gasteiger partial charge >= 0.3 is 0 Å². The summed E-state index contributed by atoms with van der Waals surface area (Å²) < 4.78 is 19.8. The Morgan fingerprint density at radius 1 is 0.800 bits per heavy atom. The number of amides is 2. The van der Waals surface area contributed by atoms with Crippen LogP contribution in [0.4, 0.5) is 10.1 Å². The van der Waals surface area contributed by atoms with Gasteiger partial charge < -0.3 is 4.74 Å². The molecule has 0 bridgehead atoms. The SMILES string of the molecule is O=C1[C@H]2[C@@H](C(=O)N1c1ccc(Cl)c(Cl)c1)C1(O[C@H]2c2ccc(F)cc2)C(=O)c2ccccc2C1=O. The van der Waals surface area contributed by atoms with E-state index >= 15 is 0 Å². The highest BCUT2D eigenvalue weighted by Gasteiger charge is 2.74. The number of ketones is 2. The minimum Gasteiger partial charge on any atom is -0.349 e. The molecule has 2 heterocycles. The number of hydrogen-bond acceptors (Lipinski definition) is 5. The van der Waals surface area contributed by atoms with Gasteiger partial charge in [-0.15, -0.1) is 0 Å². The average molecular weight is 510 g/mol. The lowest BCUT2D eigenvalue weighted by atomic mass is 9.77. The van der Waals surface area contributed by atoms with Gasteiger partial charge in [-0.3, -0.25) is 19.2 Å². The molecule has 6 rings (SSSR count). The zero-order chi connectivity index (χ0) is 24.6. The van der Waals surface area contributed by atoms with E-state index in [9.17, 15) is 23.6 Å². The van der Waals surface area contributed by atoms with E-state index in [0.29, 0.717) is 5.56 Å². The fraction of sp³-hybridized carbons (Fsp3) is 0.154. The number of hydrogen-bond donors (Lipinski definition) is 0. The van der Waals surface area contributed by atoms with Gasteiger partial charge in [0, 0.05) is 11.1 Å². The molecule has 2 fully saturated rings. The third-order valence-corrected chi connectivity index (χ3v) is 7.62. The van der Waals surface area contributed by atoms with Gasteiger partial charge in [-0.05, 0) is 35.9 Å². The fourth-order valence-corrected chi connectivity index (χ4v) is 5.64. The molecular formula is C26H14Cl2FNO5. The van der Waals surface area contributed by atoms with Crippen molar-refractivity contribution in [1.82, 2.24) is 0 Å². The topological polar surface area (TPSA) is 80.8 Å². The minimum absolute atomic E-state index is 0.128. The maximum atomic E-state index is 13.8. The number of carbonyl (C=O) groups is 4. The van der Waals surface area contributed by atoms with Crippen LogP contribution in [-0.2, 0) is 14.3 Å². The van der Waals surface area contributed by atoms with Crippen molar-refractivity contribution in [3.8, 4) is 0 Å². The number of nitrogens with zero attached hydrogens (tertiary/aromatic N) is 1. The molecule has 3 aromatic carbocycles. The minimum atomic E-state index is -2.20. The van der Waals surface area contributed by atoms with Crippen LogP contribution in [0.3, 0.4) is 0 Å². The third kappa shape index (κ3) is 2.86. The lowest BCUT2D eigenvalue weighted by Crippen LogP contribution is -2.51. The van der Waals surface area contributed by atoms with E-state index in [-0.39, 0.29) is 26.9 Å². The van der Waals surface area contributed by atoms with Crippen molar-refractivity contribution in [2.75, 3.05) is 4.90 Å². The van der Waals surface area contributed by atoms with E-state index in [2.05, 4.69) is 0 Å². The third-order valence-electron chi connectivity index (χ3n) is 6.88. The molecule has 0 aromatic heterocycles. The Kier molecular flexibility index (Phi) is 4.77. The van der Waals surface area contributed by atoms with Gasteiger partial charge in [-0.1, -0.05) is 59.6 Å². The maximum absolute atomic E-state index is 13.8. The largest absolute Gasteiger partial charge is 0.349 e. The van der Waals surface area contributed by atoms with Gasteiger partial charge in [-0.2, -0.15) is 0 Å². The van der Waals surface area contributed by atoms with Crippen LogP contribution in [0.2, 0.25) is 10.0 Å². The number of rotatable bonds is 2. The molecule has 0 radical (unpaired) electrons. The van der Waals surface area contributed by atoms with E-state index in [1.165, 1.54) is 54.6 Å². The van der Waals surface area contributed by atoms with Gasteiger partial charge in [0.2, 0.25) is 29.0 Å². The quantitative estimate of drug-likeness (QED) is 0.365. The average Bonchev–Trinajstić information content (AvgIpc) is 3.41. The highest BCUT2D eigenvalue weighted by atomic mass is 35.5. The normalized spacial score (nSPS) is 24.4. The molecule has 0 unspecified atom stereocenters. The van der Waals surface area contributed by atoms with Crippen LogP contribution < -0.4 is 4.90 Å². The number of fused-ring (bicyclic) bond motifs is 3. The summed E-state index contributed by atoms with van der Waals surface area (Å²) in [5.74, 6) is -5.86. The van der Waals surface area contributed by atoms with Crippen molar-refractivity contribution in [2.24, 2.45) is 11.8 Å². The molecule has 0 N–H and O–H groups in total. The van der Waals surface area contributed by atoms with Crippen LogP contribution in [0, 0.1) is 17.7 Å². The summed E-state index contributed by atoms with van der Waals surface area (Å²) in [6.45, 7) is 0. The number of Topliss-reactive ketones (excluding diaryl/α,β-unsaturated/α-hetero) is 2. The summed E-state index contributed by atoms with van der Waals surface area (Å²) in [7, 11) is 0. The number of carbonyl (C=O) groups excluding carboxylic acids is 4. The number of imide groups is 1. The second kappa shape index (κ2) is 7.55. The molecule has 3 aliphatic rings. The molecule has 35 heavy (non-hydrogen) atoms. The van der Waals surface area contributed by atoms with Crippen molar-refractivity contribution in [2.45, 2.75) is 11.7 Å². The smallest absolute Gasteiger partial charge is 0.241 e. The predicted molar refractivity (Wildman–Crippen MR) is 124 cm³/mol. The van der Waals surface area contributed by atoms with Crippen LogP contribution in [-0.4, -0.2) is 29.0 Å². The molecule has 2 saturated heterocycles. The molecule has 1 aliphatic carbocycles. The van der Waals surface area contributed by atoms with E-state index in [0.717, 1.165) is 4.90 Å². The number of benzene rings is 3. The second-order valence-corrected chi connectivity index (χ2v) is 9.46. The Morgan fingerprint density at radius 2 is 1.43 bits per heavy atom. The van der Waals surface area contributed by atoms with Crippen molar-refractivity contribution < 1.29 is 28.3 Å². The monoisotopic (exact) mass is 509 g/mol. The lowest BCUT2D eigenvalue weighted by Gasteiger charge is -2.27. The highest BCUT2D eigenvalue weighted by molar-refractivity contribution is 6.42. The number of halogens is 3. The first kappa shape index (κ1) is 22.1. The maximum Gasteiger partial charge on any atom is 0.241 e. The molecular weight excluding hydrogens is 496 g/mol. The lowest BCUT2D eigenvalue weighted by molar-refractivity contribution is -0.127. The molecule has 0 saturated carbocycles. The first-order valence-electron chi connectivity index (χ1n) is 10.7. The first-order chi connectivity index (χ1) is 16.8. The Morgan fingerprint density at radius 3 is 2.03 bits per heavy atom. The van der Waals surface area contributed by atoms with Crippen LogP contribution in [0.5, 0.6) is 0 Å². The summed E-state index contributed by atoms with van der Waals surface area (Å²) >= 11 is 12.1. The Bertz CT molecular complexity index is 1440. The first-order valence-corrected chi connectivity index (χ1v) is 11.5. The fourth-order valence-electron chi connectivity index (χ4n) is 5.35. The summed E-state index contributed by atoms with van der Waals surface area (Å²) in [5, 5.41) is 0.360. The Labute approximate surface area is 208 Å². The second-order valence-electron chi connectivity index (χ2n) is 8.64. The molecule has 174 valence electrons. The van der Waals surface area contributed by atoms with Crippen molar-refractivity contribution in [3.05, 3.63) is 99.3 Å². The molecule has 6 nitrogen and oxygen atoms in total. The van der Waals surface area contributed by atoms with Gasteiger partial charge in [0.05, 0.1) is 33.7 Å². The van der Waals surface area contributed by atoms with Gasteiger partial charge in [-0.25, -0.2) is 9.29 Å². The van der Waals surface area contributed by atoms with Gasteiger partial charge in [0.1, 0.15) is 5.82 Å². The Balaban J connectivity index is 1.54. The predicted octanol–water partition coefficient (Wildman–Crippen LogP) is 4.83. The molecule has 9 heteroatoms. The van der Waals surface area contributed by atoms with Crippen LogP contribution in [0.1, 0.15) is 32.4 Å². The van der Waals surface area contributed by atoms with Crippen molar-refractivity contribution in [1.29, 1.82) is 0 Å². The highest BCUT2D eigenvalue weighted by Crippen LogP contribution is 2.57. The van der Waals surface area contributed by atoms with E-state index in [1.54, 1.807) is 12.1 Å². The molecule has 1 spiro atoms. The van der Waals surface area contributed by atoms with Gasteiger partial charge in [0.15, 0.2) is 0 Å². The zero-order valence-electron chi connectivity index (χ0n) is 17.7. The van der Waals surface area contributed by atoms with Crippen molar-refractivity contribution in [3.63, 3.8) is 0 Å². The van der Waals surface area contributed by atoms with E-state index < -0.39 is 52.7 Å². The summed E-state index contributed by atoms with van der Waals surface area (Å²) in [5.41, 5.74) is -1.42.